The van der Waals surface area contributed by atoms with Crippen LogP contribution in [0.2, 0.25) is 0 Å². The second kappa shape index (κ2) is 6.16. The van der Waals surface area contributed by atoms with Crippen molar-refractivity contribution in [2.45, 2.75) is 10.6 Å². The molecule has 2 rings (SSSR count). The fraction of sp³-hybridized carbons (Fsp3) is 0.154. The molecular formula is C13H12N2O2S. The number of hydrogen-bond acceptors (Lipinski definition) is 5. The summed E-state index contributed by atoms with van der Waals surface area (Å²) in [6, 6.07) is 7.46. The Kier molecular flexibility index (Phi) is 4.30. The minimum Gasteiger partial charge on any atom is -0.465 e. The Bertz CT molecular complexity index is 514. The summed E-state index contributed by atoms with van der Waals surface area (Å²) in [6.45, 7) is 0. The lowest BCUT2D eigenvalue weighted by molar-refractivity contribution is 0.0600. The van der Waals surface area contributed by atoms with Crippen molar-refractivity contribution in [3.05, 3.63) is 54.1 Å². The molecule has 0 bridgehead atoms. The Morgan fingerprint density at radius 1 is 1.28 bits per heavy atom. The van der Waals surface area contributed by atoms with Crippen molar-refractivity contribution < 1.29 is 9.53 Å². The number of carbonyl (C=O) groups excluding carboxylic acids is 1. The molecule has 0 radical (unpaired) electrons. The highest BCUT2D eigenvalue weighted by molar-refractivity contribution is 7.98. The topological polar surface area (TPSA) is 52.1 Å². The number of pyridine rings is 2. The summed E-state index contributed by atoms with van der Waals surface area (Å²) in [5.41, 5.74) is 1.39. The van der Waals surface area contributed by atoms with Crippen molar-refractivity contribution >= 4 is 17.7 Å². The van der Waals surface area contributed by atoms with Crippen LogP contribution in [0.5, 0.6) is 0 Å². The molecule has 0 aliphatic heterocycles. The second-order valence-electron chi connectivity index (χ2n) is 3.50. The number of methoxy groups -OCH3 is 1. The van der Waals surface area contributed by atoms with E-state index in [1.165, 1.54) is 13.3 Å². The van der Waals surface area contributed by atoms with Gasteiger partial charge in [-0.15, -0.1) is 11.8 Å². The molecule has 0 atom stereocenters. The van der Waals surface area contributed by atoms with Crippen molar-refractivity contribution in [3.8, 4) is 0 Å². The summed E-state index contributed by atoms with van der Waals surface area (Å²) in [6.07, 6.45) is 5.06. The van der Waals surface area contributed by atoms with Crippen molar-refractivity contribution in [1.29, 1.82) is 0 Å². The standard InChI is InChI=1S/C13H12N2O2S/c1-17-13(16)10-2-3-11(15-8-10)9-18-12-4-6-14-7-5-12/h2-8H,9H2,1H3. The Balaban J connectivity index is 1.97. The van der Waals surface area contributed by atoms with Crippen molar-refractivity contribution in [2.75, 3.05) is 7.11 Å². The van der Waals surface area contributed by atoms with E-state index in [0.717, 1.165) is 16.3 Å². The molecule has 0 fully saturated rings. The molecule has 0 aliphatic rings. The number of rotatable bonds is 4. The van der Waals surface area contributed by atoms with Gasteiger partial charge in [0.2, 0.25) is 0 Å². The lowest BCUT2D eigenvalue weighted by Crippen LogP contribution is -2.02. The molecule has 18 heavy (non-hydrogen) atoms. The number of carbonyl (C=O) groups is 1. The summed E-state index contributed by atoms with van der Waals surface area (Å²) in [7, 11) is 1.36. The van der Waals surface area contributed by atoms with Gasteiger partial charge in [-0.2, -0.15) is 0 Å². The molecule has 5 heteroatoms. The van der Waals surface area contributed by atoms with Gasteiger partial charge in [-0.3, -0.25) is 9.97 Å². The molecular weight excluding hydrogens is 248 g/mol. The molecule has 0 unspecified atom stereocenters. The first-order chi connectivity index (χ1) is 8.79. The number of esters is 1. The lowest BCUT2D eigenvalue weighted by atomic mass is 10.2. The van der Waals surface area contributed by atoms with E-state index in [0.29, 0.717) is 5.56 Å². The molecule has 0 N–H and O–H groups in total. The Morgan fingerprint density at radius 2 is 2.06 bits per heavy atom. The molecule has 2 aromatic rings. The van der Waals surface area contributed by atoms with Crippen molar-refractivity contribution in [3.63, 3.8) is 0 Å². The van der Waals surface area contributed by atoms with Crippen molar-refractivity contribution in [1.82, 2.24) is 9.97 Å². The maximum Gasteiger partial charge on any atom is 0.339 e. The Labute approximate surface area is 109 Å². The van der Waals surface area contributed by atoms with Crippen LogP contribution in [0.4, 0.5) is 0 Å². The number of nitrogens with zero attached hydrogens (tertiary/aromatic N) is 2. The summed E-state index contributed by atoms with van der Waals surface area (Å²) >= 11 is 1.67. The van der Waals surface area contributed by atoms with Gasteiger partial charge in [0.05, 0.1) is 18.4 Å². The molecule has 0 saturated carbocycles. The number of ether oxygens (including phenoxy) is 1. The SMILES string of the molecule is COC(=O)c1ccc(CSc2ccncc2)nc1. The van der Waals surface area contributed by atoms with E-state index in [1.807, 2.05) is 18.2 Å². The first-order valence-electron chi connectivity index (χ1n) is 5.35. The van der Waals surface area contributed by atoms with Crippen LogP contribution in [0, 0.1) is 0 Å². The smallest absolute Gasteiger partial charge is 0.339 e. The molecule has 0 aromatic carbocycles. The third kappa shape index (κ3) is 3.30. The van der Waals surface area contributed by atoms with E-state index in [1.54, 1.807) is 30.2 Å². The summed E-state index contributed by atoms with van der Waals surface area (Å²) < 4.78 is 4.61. The van der Waals surface area contributed by atoms with Gasteiger partial charge in [-0.25, -0.2) is 4.79 Å². The highest BCUT2D eigenvalue weighted by atomic mass is 32.2. The van der Waals surface area contributed by atoms with Gasteiger partial charge in [0.15, 0.2) is 0 Å². The Morgan fingerprint density at radius 3 is 2.67 bits per heavy atom. The van der Waals surface area contributed by atoms with Gasteiger partial charge in [-0.1, -0.05) is 0 Å². The number of aromatic nitrogens is 2. The van der Waals surface area contributed by atoms with Gasteiger partial charge in [-0.05, 0) is 24.3 Å². The van der Waals surface area contributed by atoms with Crippen LogP contribution in [-0.2, 0) is 10.5 Å². The number of hydrogen-bond donors (Lipinski definition) is 0. The Hall–Kier alpha value is -1.88. The molecule has 0 aliphatic carbocycles. The average molecular weight is 260 g/mol. The second-order valence-corrected chi connectivity index (χ2v) is 4.55. The molecule has 4 nitrogen and oxygen atoms in total. The monoisotopic (exact) mass is 260 g/mol. The largest absolute Gasteiger partial charge is 0.465 e. The molecule has 2 heterocycles. The number of thioether (sulfide) groups is 1. The zero-order valence-corrected chi connectivity index (χ0v) is 10.7. The highest BCUT2D eigenvalue weighted by Crippen LogP contribution is 2.20. The summed E-state index contributed by atoms with van der Waals surface area (Å²) in [5.74, 6) is 0.390. The van der Waals surface area contributed by atoms with E-state index in [4.69, 9.17) is 0 Å². The van der Waals surface area contributed by atoms with Crippen LogP contribution in [0.1, 0.15) is 16.1 Å². The van der Waals surface area contributed by atoms with Gasteiger partial charge >= 0.3 is 5.97 Å². The lowest BCUT2D eigenvalue weighted by Gasteiger charge is -2.02. The molecule has 0 saturated heterocycles. The van der Waals surface area contributed by atoms with Crippen LogP contribution < -0.4 is 0 Å². The van der Waals surface area contributed by atoms with E-state index in [2.05, 4.69) is 14.7 Å². The fourth-order valence-corrected chi connectivity index (χ4v) is 2.14. The third-order valence-electron chi connectivity index (χ3n) is 2.28. The first kappa shape index (κ1) is 12.6. The molecule has 2 aromatic heterocycles. The molecule has 0 spiro atoms. The van der Waals surface area contributed by atoms with Gasteiger partial charge in [0.1, 0.15) is 0 Å². The molecule has 92 valence electrons. The van der Waals surface area contributed by atoms with E-state index < -0.39 is 0 Å². The maximum atomic E-state index is 11.2. The average Bonchev–Trinajstić information content (AvgIpc) is 2.46. The fourth-order valence-electron chi connectivity index (χ4n) is 1.34. The van der Waals surface area contributed by atoms with Gasteiger partial charge in [0, 0.05) is 29.2 Å². The van der Waals surface area contributed by atoms with Gasteiger partial charge < -0.3 is 4.74 Å². The van der Waals surface area contributed by atoms with Crippen LogP contribution in [0.25, 0.3) is 0 Å². The van der Waals surface area contributed by atoms with E-state index in [9.17, 15) is 4.79 Å². The third-order valence-corrected chi connectivity index (χ3v) is 3.33. The summed E-state index contributed by atoms with van der Waals surface area (Å²) in [4.78, 5) is 20.6. The van der Waals surface area contributed by atoms with Crippen LogP contribution >= 0.6 is 11.8 Å². The predicted molar refractivity (Wildman–Crippen MR) is 69.4 cm³/mol. The van der Waals surface area contributed by atoms with Crippen LogP contribution in [0.3, 0.4) is 0 Å². The van der Waals surface area contributed by atoms with E-state index >= 15 is 0 Å². The predicted octanol–water partition coefficient (Wildman–Crippen LogP) is 2.56. The van der Waals surface area contributed by atoms with E-state index in [-0.39, 0.29) is 5.97 Å². The minimum absolute atomic E-state index is 0.365. The quantitative estimate of drug-likeness (QED) is 0.624. The van der Waals surface area contributed by atoms with Crippen molar-refractivity contribution in [2.24, 2.45) is 0 Å². The first-order valence-corrected chi connectivity index (χ1v) is 6.34. The van der Waals surface area contributed by atoms with Crippen LogP contribution in [0.15, 0.2) is 47.8 Å². The van der Waals surface area contributed by atoms with Gasteiger partial charge in [0.25, 0.3) is 0 Å². The molecule has 0 amide bonds. The zero-order valence-electron chi connectivity index (χ0n) is 9.87. The summed E-state index contributed by atoms with van der Waals surface area (Å²) in [5, 5.41) is 0. The maximum absolute atomic E-state index is 11.2. The minimum atomic E-state index is -0.365. The highest BCUT2D eigenvalue weighted by Gasteiger charge is 2.05. The zero-order chi connectivity index (χ0) is 12.8. The normalized spacial score (nSPS) is 10.1. The van der Waals surface area contributed by atoms with Crippen LogP contribution in [-0.4, -0.2) is 23.0 Å².